The molecule has 1 fully saturated rings. The van der Waals surface area contributed by atoms with E-state index in [9.17, 15) is 9.59 Å². The molecule has 0 aliphatic carbocycles. The molecule has 2 amide bonds. The van der Waals surface area contributed by atoms with E-state index in [4.69, 9.17) is 9.63 Å². The van der Waals surface area contributed by atoms with Crippen LogP contribution in [0.2, 0.25) is 0 Å². The lowest BCUT2D eigenvalue weighted by molar-refractivity contribution is -0.138. The Bertz CT molecular complexity index is 502. The van der Waals surface area contributed by atoms with Crippen LogP contribution >= 0.6 is 0 Å². The van der Waals surface area contributed by atoms with Crippen LogP contribution in [0.3, 0.4) is 0 Å². The van der Waals surface area contributed by atoms with E-state index in [0.29, 0.717) is 37.8 Å². The number of nitrogens with zero attached hydrogens (tertiary/aromatic N) is 3. The minimum Gasteiger partial charge on any atom is -0.481 e. The number of carboxylic acid groups (broad SMARTS) is 1. The van der Waals surface area contributed by atoms with Crippen molar-refractivity contribution in [2.24, 2.45) is 5.92 Å². The third-order valence-corrected chi connectivity index (χ3v) is 3.46. The summed E-state index contributed by atoms with van der Waals surface area (Å²) >= 11 is 0. The van der Waals surface area contributed by atoms with Gasteiger partial charge in [-0.3, -0.25) is 4.79 Å². The zero-order valence-corrected chi connectivity index (χ0v) is 12.0. The van der Waals surface area contributed by atoms with Gasteiger partial charge in [0.25, 0.3) is 0 Å². The normalized spacial score (nSPS) is 18.5. The zero-order chi connectivity index (χ0) is 15.2. The van der Waals surface area contributed by atoms with Crippen LogP contribution in [0, 0.1) is 12.8 Å². The molecule has 1 aromatic heterocycles. The molecule has 0 bridgehead atoms. The van der Waals surface area contributed by atoms with Crippen LogP contribution in [-0.4, -0.2) is 51.8 Å². The third kappa shape index (κ3) is 4.73. The summed E-state index contributed by atoms with van der Waals surface area (Å²) in [6.45, 7) is 3.31. The molecule has 1 unspecified atom stereocenters. The molecule has 0 aromatic carbocycles. The van der Waals surface area contributed by atoms with Crippen LogP contribution in [0.5, 0.6) is 0 Å². The number of carbonyl (C=O) groups excluding carboxylic acids is 1. The predicted molar refractivity (Wildman–Crippen MR) is 72.7 cm³/mol. The topological polar surface area (TPSA) is 109 Å². The smallest absolute Gasteiger partial charge is 0.317 e. The number of aliphatic carboxylic acids is 1. The largest absolute Gasteiger partial charge is 0.481 e. The van der Waals surface area contributed by atoms with E-state index in [2.05, 4.69) is 15.5 Å². The van der Waals surface area contributed by atoms with Crippen molar-refractivity contribution in [1.82, 2.24) is 20.4 Å². The molecular formula is C13H20N4O4. The summed E-state index contributed by atoms with van der Waals surface area (Å²) in [5.74, 6) is 0.302. The summed E-state index contributed by atoms with van der Waals surface area (Å²) < 4.78 is 4.85. The highest BCUT2D eigenvalue weighted by Gasteiger charge is 2.25. The SMILES string of the molecule is Cc1nc(CCNC(=O)N2CCCC(CC(=O)O)C2)no1. The van der Waals surface area contributed by atoms with Crippen molar-refractivity contribution < 1.29 is 19.2 Å². The van der Waals surface area contributed by atoms with Gasteiger partial charge in [0.15, 0.2) is 5.82 Å². The van der Waals surface area contributed by atoms with Crippen LogP contribution in [0.1, 0.15) is 31.0 Å². The van der Waals surface area contributed by atoms with E-state index in [0.717, 1.165) is 12.8 Å². The number of nitrogens with one attached hydrogen (secondary N) is 1. The number of urea groups is 1. The number of carbonyl (C=O) groups is 2. The highest BCUT2D eigenvalue weighted by Crippen LogP contribution is 2.19. The lowest BCUT2D eigenvalue weighted by Gasteiger charge is -2.32. The van der Waals surface area contributed by atoms with Crippen molar-refractivity contribution in [2.45, 2.75) is 32.6 Å². The van der Waals surface area contributed by atoms with E-state index in [1.165, 1.54) is 0 Å². The van der Waals surface area contributed by atoms with Gasteiger partial charge >= 0.3 is 12.0 Å². The van der Waals surface area contributed by atoms with Crippen molar-refractivity contribution in [3.8, 4) is 0 Å². The van der Waals surface area contributed by atoms with Crippen LogP contribution in [0.25, 0.3) is 0 Å². The maximum atomic E-state index is 12.0. The van der Waals surface area contributed by atoms with Gasteiger partial charge in [-0.1, -0.05) is 5.16 Å². The molecule has 2 heterocycles. The molecule has 116 valence electrons. The first-order chi connectivity index (χ1) is 10.0. The summed E-state index contributed by atoms with van der Waals surface area (Å²) in [5.41, 5.74) is 0. The number of hydrogen-bond acceptors (Lipinski definition) is 5. The van der Waals surface area contributed by atoms with Crippen LogP contribution < -0.4 is 5.32 Å². The first-order valence-electron chi connectivity index (χ1n) is 7.08. The Balaban J connectivity index is 1.73. The summed E-state index contributed by atoms with van der Waals surface area (Å²) in [4.78, 5) is 28.5. The van der Waals surface area contributed by atoms with Crippen LogP contribution in [0.4, 0.5) is 4.79 Å². The number of likely N-dealkylation sites (tertiary alicyclic amines) is 1. The minimum atomic E-state index is -0.810. The van der Waals surface area contributed by atoms with Gasteiger partial charge in [0, 0.05) is 39.4 Å². The molecule has 0 spiro atoms. The van der Waals surface area contributed by atoms with Crippen LogP contribution in [-0.2, 0) is 11.2 Å². The monoisotopic (exact) mass is 296 g/mol. The Hall–Kier alpha value is -2.12. The predicted octanol–water partition coefficient (Wildman–Crippen LogP) is 0.817. The van der Waals surface area contributed by atoms with Crippen molar-refractivity contribution in [1.29, 1.82) is 0 Å². The number of rotatable bonds is 5. The third-order valence-electron chi connectivity index (χ3n) is 3.46. The molecule has 1 saturated heterocycles. The van der Waals surface area contributed by atoms with Gasteiger partial charge in [0.05, 0.1) is 0 Å². The van der Waals surface area contributed by atoms with Crippen molar-refractivity contribution in [3.63, 3.8) is 0 Å². The van der Waals surface area contributed by atoms with E-state index >= 15 is 0 Å². The summed E-state index contributed by atoms with van der Waals surface area (Å²) in [6, 6.07) is -0.162. The maximum absolute atomic E-state index is 12.0. The second-order valence-corrected chi connectivity index (χ2v) is 5.26. The molecule has 1 aliphatic heterocycles. The van der Waals surface area contributed by atoms with Crippen molar-refractivity contribution in [2.75, 3.05) is 19.6 Å². The van der Waals surface area contributed by atoms with Gasteiger partial charge in [-0.2, -0.15) is 4.98 Å². The molecule has 8 heteroatoms. The first-order valence-corrected chi connectivity index (χ1v) is 7.08. The second-order valence-electron chi connectivity index (χ2n) is 5.26. The molecule has 21 heavy (non-hydrogen) atoms. The number of piperidine rings is 1. The molecule has 0 saturated carbocycles. The van der Waals surface area contributed by atoms with Gasteiger partial charge in [-0.05, 0) is 18.8 Å². The molecule has 1 atom stereocenters. The molecule has 8 nitrogen and oxygen atoms in total. The second kappa shape index (κ2) is 7.05. The van der Waals surface area contributed by atoms with E-state index in [1.807, 2.05) is 0 Å². The summed E-state index contributed by atoms with van der Waals surface area (Å²) in [7, 11) is 0. The van der Waals surface area contributed by atoms with Gasteiger partial charge < -0.3 is 19.8 Å². The molecular weight excluding hydrogens is 276 g/mol. The first kappa shape index (κ1) is 15.3. The zero-order valence-electron chi connectivity index (χ0n) is 12.0. The quantitative estimate of drug-likeness (QED) is 0.832. The molecule has 1 aliphatic rings. The number of aromatic nitrogens is 2. The van der Waals surface area contributed by atoms with Crippen molar-refractivity contribution in [3.05, 3.63) is 11.7 Å². The average molecular weight is 296 g/mol. The summed E-state index contributed by atoms with van der Waals surface area (Å²) in [6.07, 6.45) is 2.33. The number of hydrogen-bond donors (Lipinski definition) is 2. The highest BCUT2D eigenvalue weighted by molar-refractivity contribution is 5.74. The van der Waals surface area contributed by atoms with Crippen LogP contribution in [0.15, 0.2) is 4.52 Å². The van der Waals surface area contributed by atoms with Gasteiger partial charge in [0.2, 0.25) is 5.89 Å². The van der Waals surface area contributed by atoms with E-state index in [-0.39, 0.29) is 18.4 Å². The average Bonchev–Trinajstić information content (AvgIpc) is 2.84. The Morgan fingerprint density at radius 2 is 2.33 bits per heavy atom. The Kier molecular flexibility index (Phi) is 5.13. The van der Waals surface area contributed by atoms with E-state index < -0.39 is 5.97 Å². The number of amides is 2. The lowest BCUT2D eigenvalue weighted by Crippen LogP contribution is -2.46. The number of carboxylic acids is 1. The Morgan fingerprint density at radius 1 is 1.52 bits per heavy atom. The van der Waals surface area contributed by atoms with E-state index in [1.54, 1.807) is 11.8 Å². The fourth-order valence-corrected chi connectivity index (χ4v) is 2.50. The van der Waals surface area contributed by atoms with Gasteiger partial charge in [-0.15, -0.1) is 0 Å². The fraction of sp³-hybridized carbons (Fsp3) is 0.692. The molecule has 0 radical (unpaired) electrons. The number of aryl methyl sites for hydroxylation is 1. The molecule has 2 rings (SSSR count). The highest BCUT2D eigenvalue weighted by atomic mass is 16.5. The Labute approximate surface area is 122 Å². The maximum Gasteiger partial charge on any atom is 0.317 e. The van der Waals surface area contributed by atoms with Gasteiger partial charge in [0.1, 0.15) is 0 Å². The standard InChI is InChI=1S/C13H20N4O4/c1-9-15-11(16-21-9)4-5-14-13(20)17-6-2-3-10(8-17)7-12(18)19/h10H,2-8H2,1H3,(H,14,20)(H,18,19). The lowest BCUT2D eigenvalue weighted by atomic mass is 9.95. The molecule has 1 aromatic rings. The molecule has 2 N–H and O–H groups in total. The van der Waals surface area contributed by atoms with Crippen molar-refractivity contribution >= 4 is 12.0 Å². The summed E-state index contributed by atoms with van der Waals surface area (Å²) in [5, 5.41) is 15.4. The minimum absolute atomic E-state index is 0.0434. The van der Waals surface area contributed by atoms with Gasteiger partial charge in [-0.25, -0.2) is 4.79 Å². The Morgan fingerprint density at radius 3 is 3.00 bits per heavy atom. The fourth-order valence-electron chi connectivity index (χ4n) is 2.50.